The van der Waals surface area contributed by atoms with E-state index >= 15 is 4.39 Å². The van der Waals surface area contributed by atoms with Crippen LogP contribution in [0, 0.1) is 22.6 Å². The summed E-state index contributed by atoms with van der Waals surface area (Å²) in [6, 6.07) is 1.39. The number of hydrogen-bond acceptors (Lipinski definition) is 6. The molecule has 3 fully saturated rings. The molecule has 1 aliphatic carbocycles. The number of carbonyl (C=O) groups excluding carboxylic acids is 1. The predicted molar refractivity (Wildman–Crippen MR) is 106 cm³/mol. The van der Waals surface area contributed by atoms with Crippen LogP contribution >= 0.6 is 0 Å². The Labute approximate surface area is 173 Å². The van der Waals surface area contributed by atoms with Crippen LogP contribution in [-0.2, 0) is 9.47 Å². The number of alkyl carbamates (subject to hydrolysis) is 1. The molecule has 2 aliphatic heterocycles. The lowest BCUT2D eigenvalue weighted by molar-refractivity contribution is 0.0655. The third kappa shape index (κ3) is 4.19. The van der Waals surface area contributed by atoms with Gasteiger partial charge in [0.2, 0.25) is 0 Å². The van der Waals surface area contributed by atoms with Gasteiger partial charge in [0.1, 0.15) is 6.17 Å². The molecule has 1 amide bonds. The molecule has 0 aromatic carbocycles. The fourth-order valence-electron chi connectivity index (χ4n) is 4.79. The number of rotatable bonds is 4. The summed E-state index contributed by atoms with van der Waals surface area (Å²) in [7, 11) is 0. The molecule has 4 rings (SSSR count). The number of alkyl halides is 1. The van der Waals surface area contributed by atoms with E-state index in [4.69, 9.17) is 20.6 Å². The Morgan fingerprint density at radius 2 is 2.27 bits per heavy atom. The Balaban J connectivity index is 1.37. The van der Waals surface area contributed by atoms with Crippen LogP contribution < -0.4 is 16.0 Å². The van der Waals surface area contributed by atoms with Gasteiger partial charge in [-0.1, -0.05) is 6.42 Å². The van der Waals surface area contributed by atoms with Crippen molar-refractivity contribution >= 4 is 17.9 Å². The summed E-state index contributed by atoms with van der Waals surface area (Å²) in [5.74, 6) is -1.66. The Morgan fingerprint density at radius 3 is 2.93 bits per heavy atom. The van der Waals surface area contributed by atoms with E-state index < -0.39 is 35.9 Å². The average Bonchev–Trinajstić information content (AvgIpc) is 3.16. The molecule has 3 atom stereocenters. The normalized spacial score (nSPS) is 27.5. The molecule has 1 saturated carbocycles. The highest BCUT2D eigenvalue weighted by Crippen LogP contribution is 2.42. The summed E-state index contributed by atoms with van der Waals surface area (Å²) < 4.78 is 40.3. The number of anilines is 1. The molecule has 0 bridgehead atoms. The molecular formula is C20H27F2N5O3. The number of nitrogens with one attached hydrogen (secondary N) is 2. The second-order valence-corrected chi connectivity index (χ2v) is 8.61. The van der Waals surface area contributed by atoms with E-state index in [1.54, 1.807) is 6.20 Å². The quantitative estimate of drug-likeness (QED) is 0.506. The standard InChI is InChI=1S/C20H27F2N5O3/c21-15-6-13(7-25-17(15)27-9-20(10-27)4-5-29-11-20)14-3-1-2-12(16(14)22)8-30-19(28)26-18(23)24/h6-7,12,14,16H,1-5,8-11H2,(H4,23,24,26,28). The fourth-order valence-corrected chi connectivity index (χ4v) is 4.79. The highest BCUT2D eigenvalue weighted by molar-refractivity contribution is 5.90. The largest absolute Gasteiger partial charge is 0.449 e. The van der Waals surface area contributed by atoms with Crippen LogP contribution in [0.4, 0.5) is 19.4 Å². The van der Waals surface area contributed by atoms with Crippen molar-refractivity contribution in [1.82, 2.24) is 10.3 Å². The molecular weight excluding hydrogens is 396 g/mol. The SMILES string of the molecule is N=C(N)NC(=O)OCC1CCCC(c2cnc(N3CC4(CCOC4)C3)c(F)c2)C1F. The molecule has 30 heavy (non-hydrogen) atoms. The van der Waals surface area contributed by atoms with Gasteiger partial charge in [0.25, 0.3) is 0 Å². The van der Waals surface area contributed by atoms with E-state index in [2.05, 4.69) is 4.98 Å². The van der Waals surface area contributed by atoms with E-state index in [9.17, 15) is 9.18 Å². The monoisotopic (exact) mass is 423 g/mol. The van der Waals surface area contributed by atoms with Crippen LogP contribution in [0.5, 0.6) is 0 Å². The van der Waals surface area contributed by atoms with Crippen LogP contribution in [0.15, 0.2) is 12.3 Å². The maximum Gasteiger partial charge on any atom is 0.413 e. The maximum absolute atomic E-state index is 15.1. The summed E-state index contributed by atoms with van der Waals surface area (Å²) >= 11 is 0. The van der Waals surface area contributed by atoms with E-state index in [0.29, 0.717) is 30.8 Å². The van der Waals surface area contributed by atoms with E-state index in [0.717, 1.165) is 32.5 Å². The van der Waals surface area contributed by atoms with Crippen molar-refractivity contribution in [2.45, 2.75) is 37.8 Å². The van der Waals surface area contributed by atoms with Crippen LogP contribution in [0.25, 0.3) is 0 Å². The molecule has 3 heterocycles. The van der Waals surface area contributed by atoms with Gasteiger partial charge in [0.05, 0.1) is 13.2 Å². The molecule has 3 aliphatic rings. The minimum atomic E-state index is -1.28. The first-order valence-electron chi connectivity index (χ1n) is 10.3. The van der Waals surface area contributed by atoms with Gasteiger partial charge in [0, 0.05) is 43.1 Å². The molecule has 1 aromatic rings. The van der Waals surface area contributed by atoms with E-state index in [-0.39, 0.29) is 12.0 Å². The van der Waals surface area contributed by atoms with E-state index in [1.807, 2.05) is 10.2 Å². The van der Waals surface area contributed by atoms with Crippen molar-refractivity contribution in [3.8, 4) is 0 Å². The molecule has 4 N–H and O–H groups in total. The number of aromatic nitrogens is 1. The third-order valence-corrected chi connectivity index (χ3v) is 6.40. The molecule has 164 valence electrons. The summed E-state index contributed by atoms with van der Waals surface area (Å²) in [4.78, 5) is 17.7. The molecule has 10 heteroatoms. The topological polar surface area (TPSA) is 114 Å². The van der Waals surface area contributed by atoms with Crippen LogP contribution in [0.1, 0.15) is 37.2 Å². The molecule has 3 unspecified atom stereocenters. The molecule has 0 radical (unpaired) electrons. The number of guanidine groups is 1. The highest BCUT2D eigenvalue weighted by atomic mass is 19.1. The molecule has 2 saturated heterocycles. The van der Waals surface area contributed by atoms with Crippen molar-refractivity contribution in [2.24, 2.45) is 17.1 Å². The summed E-state index contributed by atoms with van der Waals surface area (Å²) in [6.45, 7) is 2.80. The minimum absolute atomic E-state index is 0.122. The Hall–Kier alpha value is -2.49. The third-order valence-electron chi connectivity index (χ3n) is 6.40. The number of carbonyl (C=O) groups is 1. The van der Waals surface area contributed by atoms with Crippen LogP contribution in [0.2, 0.25) is 0 Å². The van der Waals surface area contributed by atoms with Gasteiger partial charge in [-0.15, -0.1) is 0 Å². The highest BCUT2D eigenvalue weighted by Gasteiger charge is 2.47. The minimum Gasteiger partial charge on any atom is -0.449 e. The lowest BCUT2D eigenvalue weighted by Crippen LogP contribution is -2.57. The molecule has 8 nitrogen and oxygen atoms in total. The maximum atomic E-state index is 15.1. The average molecular weight is 423 g/mol. The van der Waals surface area contributed by atoms with Crippen LogP contribution in [0.3, 0.4) is 0 Å². The summed E-state index contributed by atoms with van der Waals surface area (Å²) in [5.41, 5.74) is 5.72. The zero-order valence-electron chi connectivity index (χ0n) is 16.7. The van der Waals surface area contributed by atoms with Gasteiger partial charge >= 0.3 is 6.09 Å². The number of nitrogens with two attached hydrogens (primary N) is 1. The number of pyridine rings is 1. The van der Waals surface area contributed by atoms with Gasteiger partial charge in [-0.2, -0.15) is 0 Å². The molecule has 1 spiro atoms. The predicted octanol–water partition coefficient (Wildman–Crippen LogP) is 2.29. The first kappa shape index (κ1) is 20.8. The number of amides is 1. The van der Waals surface area contributed by atoms with Crippen molar-refractivity contribution in [3.05, 3.63) is 23.6 Å². The van der Waals surface area contributed by atoms with Gasteiger partial charge in [0.15, 0.2) is 17.6 Å². The zero-order chi connectivity index (χ0) is 21.3. The number of ether oxygens (including phenoxy) is 2. The molecule has 1 aromatic heterocycles. The van der Waals surface area contributed by atoms with Gasteiger partial charge < -0.3 is 20.1 Å². The van der Waals surface area contributed by atoms with Gasteiger partial charge in [-0.25, -0.2) is 18.6 Å². The second-order valence-electron chi connectivity index (χ2n) is 8.61. The summed E-state index contributed by atoms with van der Waals surface area (Å²) in [5, 5.41) is 9.00. The number of hydrogen-bond donors (Lipinski definition) is 3. The smallest absolute Gasteiger partial charge is 0.413 e. The first-order chi connectivity index (χ1) is 14.4. The fraction of sp³-hybridized carbons (Fsp3) is 0.650. The lowest BCUT2D eigenvalue weighted by atomic mass is 9.77. The summed E-state index contributed by atoms with van der Waals surface area (Å²) in [6.07, 6.45) is 2.29. The van der Waals surface area contributed by atoms with Crippen LogP contribution in [-0.4, -0.2) is 56.1 Å². The Morgan fingerprint density at radius 1 is 1.47 bits per heavy atom. The van der Waals surface area contributed by atoms with Crippen molar-refractivity contribution in [3.63, 3.8) is 0 Å². The zero-order valence-corrected chi connectivity index (χ0v) is 16.7. The second kappa shape index (κ2) is 8.33. The lowest BCUT2D eigenvalue weighted by Gasteiger charge is -2.47. The first-order valence-corrected chi connectivity index (χ1v) is 10.3. The van der Waals surface area contributed by atoms with Crippen molar-refractivity contribution in [2.75, 3.05) is 37.8 Å². The van der Waals surface area contributed by atoms with Crippen molar-refractivity contribution in [1.29, 1.82) is 5.41 Å². The van der Waals surface area contributed by atoms with Gasteiger partial charge in [-0.3, -0.25) is 10.7 Å². The van der Waals surface area contributed by atoms with Gasteiger partial charge in [-0.05, 0) is 30.9 Å². The number of nitrogens with zero attached hydrogens (tertiary/aromatic N) is 2. The Bertz CT molecular complexity index is 810. The van der Waals surface area contributed by atoms with Crippen molar-refractivity contribution < 1.29 is 23.0 Å². The number of halogens is 2. The Kier molecular flexibility index (Phi) is 5.77. The van der Waals surface area contributed by atoms with E-state index in [1.165, 1.54) is 6.07 Å².